The molecule has 0 aromatic rings. The highest BCUT2D eigenvalue weighted by atomic mass is 16.5. The van der Waals surface area contributed by atoms with Gasteiger partial charge in [0, 0.05) is 25.0 Å². The summed E-state index contributed by atoms with van der Waals surface area (Å²) >= 11 is 0. The van der Waals surface area contributed by atoms with E-state index in [0.29, 0.717) is 26.3 Å². The molecular weight excluding hydrogens is 246 g/mol. The molecule has 0 radical (unpaired) electrons. The summed E-state index contributed by atoms with van der Waals surface area (Å²) in [7, 11) is 0. The van der Waals surface area contributed by atoms with E-state index in [9.17, 15) is 9.59 Å². The minimum atomic E-state index is -0.470. The van der Waals surface area contributed by atoms with Gasteiger partial charge in [-0.2, -0.15) is 0 Å². The predicted molar refractivity (Wildman–Crippen MR) is 70.3 cm³/mol. The van der Waals surface area contributed by atoms with E-state index in [2.05, 4.69) is 5.32 Å². The van der Waals surface area contributed by atoms with Gasteiger partial charge in [0.1, 0.15) is 6.04 Å². The number of carbonyl (C=O) groups excluding carboxylic acids is 2. The van der Waals surface area contributed by atoms with E-state index < -0.39 is 6.04 Å². The fourth-order valence-electron chi connectivity index (χ4n) is 2.71. The molecule has 19 heavy (non-hydrogen) atoms. The van der Waals surface area contributed by atoms with Crippen molar-refractivity contribution in [2.45, 2.75) is 38.3 Å². The third-order valence-corrected chi connectivity index (χ3v) is 3.90. The van der Waals surface area contributed by atoms with Gasteiger partial charge in [-0.3, -0.25) is 9.59 Å². The fraction of sp³-hybridized carbons (Fsp3) is 0.846. The van der Waals surface area contributed by atoms with E-state index in [-0.39, 0.29) is 23.8 Å². The van der Waals surface area contributed by atoms with Gasteiger partial charge in [-0.05, 0) is 26.2 Å². The maximum absolute atomic E-state index is 12.1. The molecule has 1 aliphatic heterocycles. The van der Waals surface area contributed by atoms with Crippen LogP contribution in [0, 0.1) is 5.92 Å². The maximum Gasteiger partial charge on any atom is 0.245 e. The number of hydrogen-bond donors (Lipinski definition) is 2. The second kappa shape index (κ2) is 6.34. The van der Waals surface area contributed by atoms with Gasteiger partial charge in [0.25, 0.3) is 0 Å². The lowest BCUT2D eigenvalue weighted by atomic mass is 10.1. The number of nitrogens with zero attached hydrogens (tertiary/aromatic N) is 1. The molecule has 0 bridgehead atoms. The van der Waals surface area contributed by atoms with Crippen molar-refractivity contribution in [2.24, 2.45) is 11.7 Å². The van der Waals surface area contributed by atoms with Crippen LogP contribution in [0.15, 0.2) is 0 Å². The van der Waals surface area contributed by atoms with Crippen molar-refractivity contribution < 1.29 is 14.3 Å². The van der Waals surface area contributed by atoms with E-state index in [0.717, 1.165) is 19.3 Å². The molecule has 2 rings (SSSR count). The molecule has 2 aliphatic rings. The molecule has 6 nitrogen and oxygen atoms in total. The van der Waals surface area contributed by atoms with Gasteiger partial charge in [0.05, 0.1) is 13.2 Å². The van der Waals surface area contributed by atoms with Crippen LogP contribution in [0.1, 0.15) is 26.2 Å². The first-order chi connectivity index (χ1) is 9.08. The van der Waals surface area contributed by atoms with Crippen LogP contribution in [0.5, 0.6) is 0 Å². The van der Waals surface area contributed by atoms with E-state index in [1.165, 1.54) is 0 Å². The largest absolute Gasteiger partial charge is 0.378 e. The molecule has 1 heterocycles. The average molecular weight is 269 g/mol. The fourth-order valence-corrected chi connectivity index (χ4v) is 2.71. The molecule has 1 aliphatic carbocycles. The number of nitrogens with one attached hydrogen (secondary N) is 1. The highest BCUT2D eigenvalue weighted by Crippen LogP contribution is 2.24. The third kappa shape index (κ3) is 3.67. The number of morpholine rings is 1. The summed E-state index contributed by atoms with van der Waals surface area (Å²) in [6.07, 6.45) is 2.44. The van der Waals surface area contributed by atoms with Crippen molar-refractivity contribution in [3.05, 3.63) is 0 Å². The van der Waals surface area contributed by atoms with Crippen molar-refractivity contribution in [1.29, 1.82) is 0 Å². The summed E-state index contributed by atoms with van der Waals surface area (Å²) in [5.74, 6) is -0.101. The normalized spacial score (nSPS) is 29.1. The minimum absolute atomic E-state index is 0.0288. The van der Waals surface area contributed by atoms with Crippen molar-refractivity contribution in [2.75, 3.05) is 26.3 Å². The number of ether oxygens (including phenoxy) is 1. The molecule has 108 valence electrons. The van der Waals surface area contributed by atoms with Crippen LogP contribution >= 0.6 is 0 Å². The second-order valence-electron chi connectivity index (χ2n) is 5.44. The first-order valence-electron chi connectivity index (χ1n) is 7.00. The topological polar surface area (TPSA) is 84.7 Å². The SMILES string of the molecule is CC(NC(=O)C1CCC(N)C1)C(=O)N1CCOCC1. The number of rotatable bonds is 3. The second-order valence-corrected chi connectivity index (χ2v) is 5.44. The van der Waals surface area contributed by atoms with Crippen LogP contribution in [0.4, 0.5) is 0 Å². The molecule has 0 aromatic carbocycles. The summed E-state index contributed by atoms with van der Waals surface area (Å²) in [5.41, 5.74) is 5.80. The van der Waals surface area contributed by atoms with Crippen molar-refractivity contribution in [3.8, 4) is 0 Å². The monoisotopic (exact) mass is 269 g/mol. The van der Waals surface area contributed by atoms with Crippen LogP contribution in [0.2, 0.25) is 0 Å². The first kappa shape index (κ1) is 14.3. The quantitative estimate of drug-likeness (QED) is 0.722. The molecule has 1 saturated carbocycles. The Balaban J connectivity index is 1.80. The lowest BCUT2D eigenvalue weighted by Crippen LogP contribution is -2.51. The molecule has 2 amide bonds. The number of carbonyl (C=O) groups is 2. The lowest BCUT2D eigenvalue weighted by Gasteiger charge is -2.29. The molecule has 3 N–H and O–H groups in total. The van der Waals surface area contributed by atoms with Crippen LogP contribution < -0.4 is 11.1 Å². The molecule has 1 saturated heterocycles. The van der Waals surface area contributed by atoms with Crippen molar-refractivity contribution in [1.82, 2.24) is 10.2 Å². The van der Waals surface area contributed by atoms with Crippen molar-refractivity contribution in [3.63, 3.8) is 0 Å². The zero-order chi connectivity index (χ0) is 13.8. The van der Waals surface area contributed by atoms with Crippen LogP contribution in [-0.4, -0.2) is 55.1 Å². The van der Waals surface area contributed by atoms with Gasteiger partial charge in [-0.1, -0.05) is 0 Å². The van der Waals surface area contributed by atoms with E-state index in [4.69, 9.17) is 10.5 Å². The zero-order valence-electron chi connectivity index (χ0n) is 11.4. The summed E-state index contributed by atoms with van der Waals surface area (Å²) in [4.78, 5) is 25.9. The predicted octanol–water partition coefficient (Wildman–Crippen LogP) is -0.523. The lowest BCUT2D eigenvalue weighted by molar-refractivity contribution is -0.140. The van der Waals surface area contributed by atoms with Gasteiger partial charge >= 0.3 is 0 Å². The van der Waals surface area contributed by atoms with Gasteiger partial charge in [-0.15, -0.1) is 0 Å². The number of hydrogen-bond acceptors (Lipinski definition) is 4. The van der Waals surface area contributed by atoms with E-state index in [1.54, 1.807) is 11.8 Å². The van der Waals surface area contributed by atoms with Crippen LogP contribution in [0.3, 0.4) is 0 Å². The Morgan fingerprint density at radius 3 is 2.58 bits per heavy atom. The third-order valence-electron chi connectivity index (χ3n) is 3.90. The highest BCUT2D eigenvalue weighted by Gasteiger charge is 2.30. The van der Waals surface area contributed by atoms with Gasteiger partial charge in [0.2, 0.25) is 11.8 Å². The van der Waals surface area contributed by atoms with Crippen molar-refractivity contribution >= 4 is 11.8 Å². The number of amides is 2. The average Bonchev–Trinajstić information content (AvgIpc) is 2.85. The molecule has 2 fully saturated rings. The molecule has 0 spiro atoms. The Kier molecular flexibility index (Phi) is 4.76. The summed E-state index contributed by atoms with van der Waals surface area (Å²) < 4.78 is 5.21. The standard InChI is InChI=1S/C13H23N3O3/c1-9(13(18)16-4-6-19-7-5-16)15-12(17)10-2-3-11(14)8-10/h9-11H,2-8,14H2,1H3,(H,15,17). The van der Waals surface area contributed by atoms with Gasteiger partial charge < -0.3 is 20.7 Å². The van der Waals surface area contributed by atoms with Crippen LogP contribution in [0.25, 0.3) is 0 Å². The molecular formula is C13H23N3O3. The summed E-state index contributed by atoms with van der Waals surface area (Å²) in [6.45, 7) is 4.10. The minimum Gasteiger partial charge on any atom is -0.378 e. The van der Waals surface area contributed by atoms with Gasteiger partial charge in [0.15, 0.2) is 0 Å². The Bertz CT molecular complexity index is 342. The summed E-state index contributed by atoms with van der Waals surface area (Å²) in [5, 5.41) is 2.81. The zero-order valence-corrected chi connectivity index (χ0v) is 11.4. The highest BCUT2D eigenvalue weighted by molar-refractivity contribution is 5.88. The smallest absolute Gasteiger partial charge is 0.245 e. The number of nitrogens with two attached hydrogens (primary N) is 1. The van der Waals surface area contributed by atoms with E-state index in [1.807, 2.05) is 0 Å². The molecule has 3 atom stereocenters. The molecule has 6 heteroatoms. The van der Waals surface area contributed by atoms with Crippen LogP contribution in [-0.2, 0) is 14.3 Å². The Morgan fingerprint density at radius 1 is 1.32 bits per heavy atom. The summed E-state index contributed by atoms with van der Waals surface area (Å²) in [6, 6.07) is -0.344. The maximum atomic E-state index is 12.1. The van der Waals surface area contributed by atoms with E-state index >= 15 is 0 Å². The molecule has 0 aromatic heterocycles. The first-order valence-corrected chi connectivity index (χ1v) is 7.00. The Morgan fingerprint density at radius 2 is 2.00 bits per heavy atom. The molecule has 3 unspecified atom stereocenters. The van der Waals surface area contributed by atoms with Gasteiger partial charge in [-0.25, -0.2) is 0 Å². The Labute approximate surface area is 113 Å². The Hall–Kier alpha value is -1.14.